The van der Waals surface area contributed by atoms with Crippen LogP contribution in [-0.2, 0) is 16.1 Å². The highest BCUT2D eigenvalue weighted by molar-refractivity contribution is 7.99. The van der Waals surface area contributed by atoms with Crippen molar-refractivity contribution in [2.45, 2.75) is 30.6 Å². The van der Waals surface area contributed by atoms with E-state index in [0.717, 1.165) is 24.2 Å². The number of carbonyl (C=O) groups is 2. The van der Waals surface area contributed by atoms with Gasteiger partial charge in [-0.2, -0.15) is 0 Å². The first kappa shape index (κ1) is 19.2. The van der Waals surface area contributed by atoms with Gasteiger partial charge in [0.2, 0.25) is 11.8 Å². The maximum atomic E-state index is 12.3. The Balaban J connectivity index is 1.61. The van der Waals surface area contributed by atoms with Crippen LogP contribution in [0.2, 0.25) is 0 Å². The summed E-state index contributed by atoms with van der Waals surface area (Å²) >= 11 is 1.31. The van der Waals surface area contributed by atoms with Crippen LogP contribution < -0.4 is 5.32 Å². The molecule has 8 heteroatoms. The monoisotopic (exact) mass is 385 g/mol. The minimum atomic E-state index is -0.125. The lowest BCUT2D eigenvalue weighted by atomic mass is 10.2. The zero-order chi connectivity index (χ0) is 19.2. The lowest BCUT2D eigenvalue weighted by Crippen LogP contribution is -2.39. The van der Waals surface area contributed by atoms with Crippen LogP contribution in [0.5, 0.6) is 0 Å². The number of nitrogens with one attached hydrogen (secondary N) is 1. The molecule has 1 fully saturated rings. The van der Waals surface area contributed by atoms with E-state index in [0.29, 0.717) is 17.7 Å². The van der Waals surface area contributed by atoms with Crippen LogP contribution in [0.3, 0.4) is 0 Å². The molecule has 1 N–H and O–H groups in total. The minimum Gasteiger partial charge on any atom is -0.352 e. The average Bonchev–Trinajstić information content (AvgIpc) is 3.39. The summed E-state index contributed by atoms with van der Waals surface area (Å²) in [5.41, 5.74) is 0.957. The van der Waals surface area contributed by atoms with E-state index in [1.165, 1.54) is 16.7 Å². The number of aromatic nitrogens is 3. The number of allylic oxidation sites excluding steroid dienone is 1. The predicted molar refractivity (Wildman–Crippen MR) is 105 cm³/mol. The standard InChI is InChI=1S/C19H23N5O2S/c1-3-11-24-18(14-7-5-4-6-8-14)21-22-19(24)27-13-17(26)23(2)12-16(25)20-15-9-10-15/h3-8,15H,1,9-13H2,2H3,(H,20,25). The molecular formula is C19H23N5O2S. The van der Waals surface area contributed by atoms with Gasteiger partial charge in [-0.1, -0.05) is 48.2 Å². The van der Waals surface area contributed by atoms with E-state index in [1.54, 1.807) is 13.1 Å². The van der Waals surface area contributed by atoms with Gasteiger partial charge < -0.3 is 10.2 Å². The number of carbonyl (C=O) groups excluding carboxylic acids is 2. The van der Waals surface area contributed by atoms with Crippen LogP contribution in [0.4, 0.5) is 0 Å². The molecule has 0 unspecified atom stereocenters. The van der Waals surface area contributed by atoms with Crippen molar-refractivity contribution >= 4 is 23.6 Å². The molecule has 7 nitrogen and oxygen atoms in total. The van der Waals surface area contributed by atoms with Crippen LogP contribution in [0.25, 0.3) is 11.4 Å². The zero-order valence-electron chi connectivity index (χ0n) is 15.3. The summed E-state index contributed by atoms with van der Waals surface area (Å²) in [5.74, 6) is 0.694. The first-order chi connectivity index (χ1) is 13.1. The molecule has 0 aliphatic heterocycles. The molecular weight excluding hydrogens is 362 g/mol. The van der Waals surface area contributed by atoms with Crippen LogP contribution in [-0.4, -0.2) is 56.9 Å². The number of nitrogens with zero attached hydrogens (tertiary/aromatic N) is 4. The molecule has 27 heavy (non-hydrogen) atoms. The van der Waals surface area contributed by atoms with Crippen molar-refractivity contribution in [2.24, 2.45) is 0 Å². The van der Waals surface area contributed by atoms with Gasteiger partial charge >= 0.3 is 0 Å². The Morgan fingerprint density at radius 2 is 2.07 bits per heavy atom. The lowest BCUT2D eigenvalue weighted by Gasteiger charge is -2.16. The SMILES string of the molecule is C=CCn1c(SCC(=O)N(C)CC(=O)NC2CC2)nnc1-c1ccccc1. The van der Waals surface area contributed by atoms with Crippen LogP contribution in [0.15, 0.2) is 48.1 Å². The van der Waals surface area contributed by atoms with Crippen LogP contribution >= 0.6 is 11.8 Å². The number of likely N-dealkylation sites (N-methyl/N-ethyl adjacent to an activating group) is 1. The molecule has 2 aromatic rings. The number of hydrogen-bond donors (Lipinski definition) is 1. The van der Waals surface area contributed by atoms with Crippen molar-refractivity contribution in [3.05, 3.63) is 43.0 Å². The Hall–Kier alpha value is -2.61. The van der Waals surface area contributed by atoms with Gasteiger partial charge in [0.25, 0.3) is 0 Å². The highest BCUT2D eigenvalue weighted by Gasteiger charge is 2.24. The fourth-order valence-electron chi connectivity index (χ4n) is 2.53. The Bertz CT molecular complexity index is 817. The molecule has 0 saturated heterocycles. The summed E-state index contributed by atoms with van der Waals surface area (Å²) in [5, 5.41) is 12.0. The molecule has 0 bridgehead atoms. The topological polar surface area (TPSA) is 80.1 Å². The quantitative estimate of drug-likeness (QED) is 0.527. The predicted octanol–water partition coefficient (Wildman–Crippen LogP) is 1.96. The average molecular weight is 385 g/mol. The van der Waals surface area contributed by atoms with Crippen molar-refractivity contribution in [1.29, 1.82) is 0 Å². The van der Waals surface area contributed by atoms with Gasteiger partial charge in [0.15, 0.2) is 11.0 Å². The van der Waals surface area contributed by atoms with Crippen molar-refractivity contribution in [2.75, 3.05) is 19.3 Å². The molecule has 0 atom stereocenters. The number of thioether (sulfide) groups is 1. The zero-order valence-corrected chi connectivity index (χ0v) is 16.1. The van der Waals surface area contributed by atoms with E-state index >= 15 is 0 Å². The molecule has 1 aliphatic rings. The van der Waals surface area contributed by atoms with E-state index in [-0.39, 0.29) is 24.1 Å². The minimum absolute atomic E-state index is 0.0739. The number of amides is 2. The second-order valence-corrected chi connectivity index (χ2v) is 7.39. The molecule has 0 radical (unpaired) electrons. The van der Waals surface area contributed by atoms with Gasteiger partial charge in [0.1, 0.15) is 0 Å². The molecule has 2 amide bonds. The number of hydrogen-bond acceptors (Lipinski definition) is 5. The summed E-state index contributed by atoms with van der Waals surface area (Å²) in [6.45, 7) is 4.41. The molecule has 3 rings (SSSR count). The second-order valence-electron chi connectivity index (χ2n) is 6.45. The van der Waals surface area contributed by atoms with Gasteiger partial charge in [-0.3, -0.25) is 14.2 Å². The van der Waals surface area contributed by atoms with Crippen molar-refractivity contribution in [1.82, 2.24) is 25.0 Å². The van der Waals surface area contributed by atoms with Crippen LogP contribution in [0, 0.1) is 0 Å². The van der Waals surface area contributed by atoms with Crippen molar-refractivity contribution in [3.63, 3.8) is 0 Å². The summed E-state index contributed by atoms with van der Waals surface area (Å²) in [4.78, 5) is 25.6. The van der Waals surface area contributed by atoms with Gasteiger partial charge in [0.05, 0.1) is 12.3 Å². The highest BCUT2D eigenvalue weighted by atomic mass is 32.2. The Morgan fingerprint density at radius 3 is 2.74 bits per heavy atom. The third kappa shape index (κ3) is 5.19. The largest absolute Gasteiger partial charge is 0.352 e. The third-order valence-electron chi connectivity index (χ3n) is 4.13. The van der Waals surface area contributed by atoms with Gasteiger partial charge in [0, 0.05) is 25.2 Å². The van der Waals surface area contributed by atoms with E-state index in [4.69, 9.17) is 0 Å². The second kappa shape index (κ2) is 8.85. The summed E-state index contributed by atoms with van der Waals surface area (Å²) in [6.07, 6.45) is 3.83. The first-order valence-electron chi connectivity index (χ1n) is 8.84. The highest BCUT2D eigenvalue weighted by Crippen LogP contribution is 2.24. The van der Waals surface area contributed by atoms with Gasteiger partial charge in [-0.15, -0.1) is 16.8 Å². The third-order valence-corrected chi connectivity index (χ3v) is 5.09. The number of rotatable bonds is 9. The fourth-order valence-corrected chi connectivity index (χ4v) is 3.42. The van der Waals surface area contributed by atoms with E-state index in [1.807, 2.05) is 34.9 Å². The summed E-state index contributed by atoms with van der Waals surface area (Å²) < 4.78 is 1.93. The maximum absolute atomic E-state index is 12.3. The smallest absolute Gasteiger partial charge is 0.239 e. The Kier molecular flexibility index (Phi) is 6.28. The summed E-state index contributed by atoms with van der Waals surface area (Å²) in [7, 11) is 1.64. The van der Waals surface area contributed by atoms with Gasteiger partial charge in [-0.05, 0) is 12.8 Å². The van der Waals surface area contributed by atoms with Gasteiger partial charge in [-0.25, -0.2) is 0 Å². The maximum Gasteiger partial charge on any atom is 0.239 e. The number of benzene rings is 1. The van der Waals surface area contributed by atoms with E-state index in [9.17, 15) is 9.59 Å². The molecule has 0 spiro atoms. The lowest BCUT2D eigenvalue weighted by molar-refractivity contribution is -0.132. The molecule has 1 heterocycles. The fraction of sp³-hybridized carbons (Fsp3) is 0.368. The van der Waals surface area contributed by atoms with Crippen LogP contribution in [0.1, 0.15) is 12.8 Å². The molecule has 1 aliphatic carbocycles. The van der Waals surface area contributed by atoms with E-state index in [2.05, 4.69) is 22.1 Å². The first-order valence-corrected chi connectivity index (χ1v) is 9.82. The molecule has 1 saturated carbocycles. The van der Waals surface area contributed by atoms with Crippen molar-refractivity contribution in [3.8, 4) is 11.4 Å². The molecule has 142 valence electrons. The van der Waals surface area contributed by atoms with E-state index < -0.39 is 0 Å². The van der Waals surface area contributed by atoms with Crippen molar-refractivity contribution < 1.29 is 9.59 Å². The Morgan fingerprint density at radius 1 is 1.33 bits per heavy atom. The Labute approximate surface area is 162 Å². The molecule has 1 aromatic carbocycles. The summed E-state index contributed by atoms with van der Waals surface area (Å²) in [6, 6.07) is 10.1. The molecule has 1 aromatic heterocycles. The normalized spacial score (nSPS) is 13.2.